The molecule has 6 aliphatic rings. The number of likely N-dealkylation sites (tertiary alicyclic amines) is 2. The van der Waals surface area contributed by atoms with Crippen LogP contribution in [0.5, 0.6) is 12.0 Å². The average Bonchev–Trinajstić information content (AvgIpc) is 1.63. The number of carbonyl (C=O) groups is 3. The van der Waals surface area contributed by atoms with E-state index in [2.05, 4.69) is 136 Å². The summed E-state index contributed by atoms with van der Waals surface area (Å²) >= 11 is 0. The minimum atomic E-state index is -0.764. The number of H-pyrrole nitrogens is 2. The summed E-state index contributed by atoms with van der Waals surface area (Å²) in [4.78, 5) is 68.6. The molecular formula is C63H86N18O6S4. The second kappa shape index (κ2) is 34.7. The molecule has 488 valence electrons. The minimum absolute atomic E-state index is 0. The smallest absolute Gasteiger partial charge is 0.338 e. The molecule has 6 aliphatic heterocycles. The molecule has 28 heteroatoms. The Morgan fingerprint density at radius 2 is 1.11 bits per heavy atom. The topological polar surface area (TPSA) is 270 Å². The van der Waals surface area contributed by atoms with Gasteiger partial charge in [-0.05, 0) is 109 Å². The zero-order chi connectivity index (χ0) is 60.8. The number of piperazine rings is 2. The van der Waals surface area contributed by atoms with Crippen LogP contribution in [0.3, 0.4) is 0 Å². The first kappa shape index (κ1) is 72.5. The normalized spacial score (nSPS) is 19.6. The molecule has 91 heavy (non-hydrogen) atoms. The first-order chi connectivity index (χ1) is 42.4. The molecule has 2 aromatic carbocycles. The number of benzene rings is 2. The van der Waals surface area contributed by atoms with Crippen LogP contribution in [0.1, 0.15) is 73.9 Å². The Balaban J connectivity index is 0.000000246. The van der Waals surface area contributed by atoms with Crippen molar-refractivity contribution >= 4 is 117 Å². The van der Waals surface area contributed by atoms with Gasteiger partial charge in [-0.15, -0.1) is 0 Å². The number of esters is 2. The Hall–Kier alpha value is -7.57. The number of hydrogen-bond acceptors (Lipinski definition) is 21. The number of amides is 1. The monoisotopic (exact) mass is 1320 g/mol. The van der Waals surface area contributed by atoms with Crippen molar-refractivity contribution < 1.29 is 28.6 Å². The van der Waals surface area contributed by atoms with Crippen molar-refractivity contribution in [2.75, 3.05) is 112 Å². The third kappa shape index (κ3) is 17.7. The van der Waals surface area contributed by atoms with Crippen molar-refractivity contribution in [2.45, 2.75) is 101 Å². The van der Waals surface area contributed by atoms with E-state index >= 15 is 0 Å². The molecule has 1 amide bonds. The number of nitriles is 2. The Morgan fingerprint density at radius 3 is 1.57 bits per heavy atom. The van der Waals surface area contributed by atoms with Crippen LogP contribution in [0.25, 0.3) is 21.8 Å². The SMILES string of the molecule is C=CC(=O)N1CCN(c2nc(OC[C@@H]3CCCN3C)nc3c2CCCN(c2cccc4[nH]ncc24)C3)C[C@@H]1CC#N.C=CC(=O)OC(=O)C=C.CN1CCC[C@H]1COc1nc2c(c(N3CCN[C@@H](CC#N)C3)n1)CCCN(c1cccc3[nH]ncc13)C2.S.S.S.S. The van der Waals surface area contributed by atoms with Crippen molar-refractivity contribution in [1.82, 2.24) is 60.3 Å². The van der Waals surface area contributed by atoms with E-state index in [-0.39, 0.29) is 78.4 Å². The van der Waals surface area contributed by atoms with E-state index in [0.717, 1.165) is 153 Å². The molecular weight excluding hydrogens is 1230 g/mol. The number of hydrogen-bond donors (Lipinski definition) is 3. The van der Waals surface area contributed by atoms with Gasteiger partial charge in [0.05, 0.1) is 78.9 Å². The number of carbonyl (C=O) groups excluding carboxylic acids is 3. The Morgan fingerprint density at radius 1 is 0.604 bits per heavy atom. The minimum Gasteiger partial charge on any atom is -0.462 e. The third-order valence-corrected chi connectivity index (χ3v) is 17.2. The van der Waals surface area contributed by atoms with E-state index in [4.69, 9.17) is 29.4 Å². The fraction of sp³-hybridized carbons (Fsp3) is 0.476. The average molecular weight is 1320 g/mol. The highest BCUT2D eigenvalue weighted by Gasteiger charge is 2.34. The molecule has 4 saturated heterocycles. The second-order valence-electron chi connectivity index (χ2n) is 22.8. The van der Waals surface area contributed by atoms with Crippen molar-refractivity contribution in [3.8, 4) is 24.2 Å². The van der Waals surface area contributed by atoms with Gasteiger partial charge in [0, 0.05) is 116 Å². The van der Waals surface area contributed by atoms with Crippen LogP contribution in [0, 0.1) is 22.7 Å². The van der Waals surface area contributed by atoms with Crippen LogP contribution < -0.4 is 34.4 Å². The first-order valence-electron chi connectivity index (χ1n) is 30.2. The number of likely N-dealkylation sites (N-methyl/N-ethyl adjacent to an activating group) is 2. The van der Waals surface area contributed by atoms with Crippen LogP contribution >= 0.6 is 54.0 Å². The molecule has 3 N–H and O–H groups in total. The van der Waals surface area contributed by atoms with Gasteiger partial charge in [0.25, 0.3) is 0 Å². The van der Waals surface area contributed by atoms with Gasteiger partial charge in [-0.2, -0.15) is 94.6 Å². The van der Waals surface area contributed by atoms with Crippen LogP contribution in [0.4, 0.5) is 23.0 Å². The zero-order valence-electron chi connectivity index (χ0n) is 51.9. The van der Waals surface area contributed by atoms with Crippen molar-refractivity contribution in [2.24, 2.45) is 0 Å². The Bertz CT molecular complexity index is 3520. The number of ether oxygens (including phenoxy) is 3. The maximum absolute atomic E-state index is 12.5. The highest BCUT2D eigenvalue weighted by atomic mass is 32.1. The molecule has 4 aromatic heterocycles. The second-order valence-corrected chi connectivity index (χ2v) is 22.8. The van der Waals surface area contributed by atoms with E-state index in [1.165, 1.54) is 30.2 Å². The van der Waals surface area contributed by atoms with Gasteiger partial charge in [0.15, 0.2) is 0 Å². The van der Waals surface area contributed by atoms with Crippen molar-refractivity contribution in [3.05, 3.63) is 109 Å². The van der Waals surface area contributed by atoms with Crippen molar-refractivity contribution in [3.63, 3.8) is 0 Å². The van der Waals surface area contributed by atoms with E-state index in [9.17, 15) is 24.9 Å². The highest BCUT2D eigenvalue weighted by Crippen LogP contribution is 2.36. The van der Waals surface area contributed by atoms with Gasteiger partial charge in [-0.3, -0.25) is 15.0 Å². The predicted octanol–water partition coefficient (Wildman–Crippen LogP) is 6.25. The van der Waals surface area contributed by atoms with E-state index in [0.29, 0.717) is 76.5 Å². The molecule has 0 bridgehead atoms. The van der Waals surface area contributed by atoms with Gasteiger partial charge >= 0.3 is 24.0 Å². The van der Waals surface area contributed by atoms with Crippen LogP contribution in [0.15, 0.2) is 86.8 Å². The van der Waals surface area contributed by atoms with Gasteiger partial charge < -0.3 is 53.8 Å². The summed E-state index contributed by atoms with van der Waals surface area (Å²) in [5.74, 6) is 0.175. The summed E-state index contributed by atoms with van der Waals surface area (Å²) in [5.41, 5.74) is 8.68. The highest BCUT2D eigenvalue weighted by molar-refractivity contribution is 7.59. The molecule has 4 fully saturated rings. The van der Waals surface area contributed by atoms with E-state index in [1.54, 1.807) is 4.90 Å². The van der Waals surface area contributed by atoms with Gasteiger partial charge in [0.2, 0.25) is 5.91 Å². The number of aromatic amines is 2. The number of aromatic nitrogens is 8. The molecule has 0 radical (unpaired) electrons. The quantitative estimate of drug-likeness (QED) is 0.0583. The fourth-order valence-electron chi connectivity index (χ4n) is 12.6. The summed E-state index contributed by atoms with van der Waals surface area (Å²) in [7, 11) is 4.30. The summed E-state index contributed by atoms with van der Waals surface area (Å²) in [5, 5.41) is 39.2. The summed E-state index contributed by atoms with van der Waals surface area (Å²) in [6.45, 7) is 20.4. The lowest BCUT2D eigenvalue weighted by molar-refractivity contribution is -0.152. The summed E-state index contributed by atoms with van der Waals surface area (Å²) in [6, 6.07) is 18.6. The molecule has 0 saturated carbocycles. The first-order valence-corrected chi connectivity index (χ1v) is 30.2. The van der Waals surface area contributed by atoms with Crippen LogP contribution in [-0.2, 0) is 45.1 Å². The molecule has 6 aromatic rings. The largest absolute Gasteiger partial charge is 0.462 e. The number of nitrogens with one attached hydrogen (secondary N) is 3. The molecule has 24 nitrogen and oxygen atoms in total. The fourth-order valence-corrected chi connectivity index (χ4v) is 12.6. The number of rotatable bonds is 15. The van der Waals surface area contributed by atoms with E-state index in [1.807, 2.05) is 18.5 Å². The van der Waals surface area contributed by atoms with E-state index < -0.39 is 11.9 Å². The summed E-state index contributed by atoms with van der Waals surface area (Å²) < 4.78 is 16.6. The zero-order valence-corrected chi connectivity index (χ0v) is 55.9. The molecule has 0 unspecified atom stereocenters. The molecule has 10 heterocycles. The van der Waals surface area contributed by atoms with Crippen molar-refractivity contribution in [1.29, 1.82) is 10.5 Å². The van der Waals surface area contributed by atoms with Crippen LogP contribution in [-0.4, -0.2) is 190 Å². The lowest BCUT2D eigenvalue weighted by Gasteiger charge is -2.41. The lowest BCUT2D eigenvalue weighted by atomic mass is 10.1. The number of fused-ring (bicyclic) bond motifs is 4. The molecule has 12 rings (SSSR count). The van der Waals surface area contributed by atoms with Gasteiger partial charge in [-0.1, -0.05) is 31.9 Å². The third-order valence-electron chi connectivity index (χ3n) is 17.2. The molecule has 4 atom stereocenters. The Labute approximate surface area is 560 Å². The Kier molecular flexibility index (Phi) is 27.7. The predicted molar refractivity (Wildman–Crippen MR) is 373 cm³/mol. The van der Waals surface area contributed by atoms with Crippen LogP contribution in [0.2, 0.25) is 0 Å². The van der Waals surface area contributed by atoms with Gasteiger partial charge in [0.1, 0.15) is 24.8 Å². The van der Waals surface area contributed by atoms with Gasteiger partial charge in [-0.25, -0.2) is 9.59 Å². The number of nitrogens with zero attached hydrogens (tertiary/aromatic N) is 15. The molecule has 0 aliphatic carbocycles. The number of anilines is 4. The standard InChI is InChI=1S/C30H37N9O2.C27H35N9O.C6H6O3.4H2S/c1-3-28(40)39-16-15-38(18-21(39)11-12-31)29-23-8-6-14-37(27-10-4-9-25-24(27)17-32-35-25)19-26(23)33-30(34-29)41-20-22-7-5-13-36(22)2;1-34-12-3-5-20(34)18-37-27-31-24-17-35(25-8-2-7-23-22(25)15-30-33-23)13-4-6-21(24)26(32-27)36-14-11-29-19(16-36)9-10-28;1-3-5(7)9-6(8)4-2;;;;/h3-4,9-10,17,21-22H,1,5-8,11,13-16,18-20H2,2H3,(H,32,35);2,7-8,15,19-20,29H,3-6,9,11-14,16-18H2,1H3,(H,30,33);3-4H,1-2H2;4*1H2/t21-,22-;19-,20-;;;;;/m00...../s1. The summed E-state index contributed by atoms with van der Waals surface area (Å²) in [6.07, 6.45) is 16.0. The lowest BCUT2D eigenvalue weighted by Crippen LogP contribution is -2.55. The molecule has 0 spiro atoms. The maximum Gasteiger partial charge on any atom is 0.338 e. The maximum atomic E-state index is 12.5.